The lowest BCUT2D eigenvalue weighted by Crippen LogP contribution is -2.39. The summed E-state index contributed by atoms with van der Waals surface area (Å²) < 4.78 is 0. The number of nitrogens with one attached hydrogen (secondary N) is 2. The van der Waals surface area contributed by atoms with Crippen LogP contribution >= 0.6 is 0 Å². The van der Waals surface area contributed by atoms with Crippen molar-refractivity contribution in [2.75, 3.05) is 13.1 Å². The number of carbonyl (C=O) groups is 1. The first-order valence-corrected chi connectivity index (χ1v) is 5.75. The molecule has 0 atom stereocenters. The molecule has 1 amide bonds. The van der Waals surface area contributed by atoms with Crippen LogP contribution in [-0.2, 0) is 4.79 Å². The van der Waals surface area contributed by atoms with E-state index in [-0.39, 0.29) is 11.9 Å². The predicted octanol–water partition coefficient (Wildman–Crippen LogP) is 1.07. The molecule has 1 rings (SSSR count). The second-order valence-corrected chi connectivity index (χ2v) is 4.21. The van der Waals surface area contributed by atoms with E-state index in [1.165, 1.54) is 19.3 Å². The van der Waals surface area contributed by atoms with Gasteiger partial charge in [0.1, 0.15) is 0 Å². The van der Waals surface area contributed by atoms with Crippen LogP contribution in [0.15, 0.2) is 4.99 Å². The number of aliphatic imine (C=N–C) groups is 1. The third-order valence-corrected chi connectivity index (χ3v) is 2.28. The zero-order valence-corrected chi connectivity index (χ0v) is 9.68. The Morgan fingerprint density at radius 3 is 2.93 bits per heavy atom. The topological polar surface area (TPSA) is 53.5 Å². The van der Waals surface area contributed by atoms with Gasteiger partial charge >= 0.3 is 0 Å². The zero-order chi connectivity index (χ0) is 11.1. The molecule has 0 aromatic rings. The Labute approximate surface area is 91.5 Å². The number of amides is 1. The molecule has 1 aliphatic heterocycles. The summed E-state index contributed by atoms with van der Waals surface area (Å²) in [6.45, 7) is 5.16. The van der Waals surface area contributed by atoms with E-state index in [0.29, 0.717) is 6.54 Å². The predicted molar refractivity (Wildman–Crippen MR) is 62.1 cm³/mol. The van der Waals surface area contributed by atoms with Gasteiger partial charge in [0, 0.05) is 19.0 Å². The number of nitrogens with zero attached hydrogens (tertiary/aromatic N) is 1. The standard InChI is InChI=1S/C11H21N3O/c1-9(2)14-11(15)8-13-10-6-4-3-5-7-12-10/h9H,3-8H2,1-2H3,(H,12,13)(H,14,15). The molecule has 0 saturated heterocycles. The number of rotatable bonds is 3. The first-order valence-electron chi connectivity index (χ1n) is 5.75. The number of hydrogen-bond donors (Lipinski definition) is 2. The largest absolute Gasteiger partial charge is 0.365 e. The molecule has 15 heavy (non-hydrogen) atoms. The highest BCUT2D eigenvalue weighted by molar-refractivity contribution is 5.87. The van der Waals surface area contributed by atoms with E-state index >= 15 is 0 Å². The second kappa shape index (κ2) is 6.43. The van der Waals surface area contributed by atoms with Crippen LogP contribution in [0.1, 0.15) is 39.5 Å². The minimum Gasteiger partial charge on any atom is -0.365 e. The fourth-order valence-corrected chi connectivity index (χ4v) is 1.57. The lowest BCUT2D eigenvalue weighted by Gasteiger charge is -2.10. The molecule has 0 aromatic heterocycles. The zero-order valence-electron chi connectivity index (χ0n) is 9.68. The van der Waals surface area contributed by atoms with E-state index in [2.05, 4.69) is 15.6 Å². The summed E-state index contributed by atoms with van der Waals surface area (Å²) in [5.74, 6) is 1.03. The minimum atomic E-state index is 0.0388. The van der Waals surface area contributed by atoms with Gasteiger partial charge in [-0.2, -0.15) is 0 Å². The second-order valence-electron chi connectivity index (χ2n) is 4.21. The lowest BCUT2D eigenvalue weighted by molar-refractivity contribution is -0.120. The molecule has 0 spiro atoms. The van der Waals surface area contributed by atoms with Gasteiger partial charge in [0.2, 0.25) is 5.91 Å². The smallest absolute Gasteiger partial charge is 0.239 e. The van der Waals surface area contributed by atoms with Gasteiger partial charge in [0.15, 0.2) is 0 Å². The van der Waals surface area contributed by atoms with E-state index in [9.17, 15) is 4.79 Å². The monoisotopic (exact) mass is 211 g/mol. The first kappa shape index (κ1) is 12.0. The van der Waals surface area contributed by atoms with Crippen molar-refractivity contribution in [3.8, 4) is 0 Å². The van der Waals surface area contributed by atoms with E-state index in [0.717, 1.165) is 18.8 Å². The molecule has 0 bridgehead atoms. The SMILES string of the molecule is CC(C)NC(=O)CNC1=NCCCCC1. The van der Waals surface area contributed by atoms with Crippen LogP contribution < -0.4 is 10.6 Å². The molecule has 0 saturated carbocycles. The Hall–Kier alpha value is -1.06. The van der Waals surface area contributed by atoms with E-state index in [4.69, 9.17) is 0 Å². The van der Waals surface area contributed by atoms with Crippen molar-refractivity contribution < 1.29 is 4.79 Å². The van der Waals surface area contributed by atoms with Gasteiger partial charge in [0.25, 0.3) is 0 Å². The van der Waals surface area contributed by atoms with Gasteiger partial charge < -0.3 is 10.6 Å². The van der Waals surface area contributed by atoms with Crippen molar-refractivity contribution in [2.24, 2.45) is 4.99 Å². The minimum absolute atomic E-state index is 0.0388. The van der Waals surface area contributed by atoms with Crippen molar-refractivity contribution >= 4 is 11.7 Å². The summed E-state index contributed by atoms with van der Waals surface area (Å²) in [5, 5.41) is 5.95. The van der Waals surface area contributed by atoms with Crippen LogP contribution in [0.3, 0.4) is 0 Å². The molecular formula is C11H21N3O. The summed E-state index contributed by atoms with van der Waals surface area (Å²) in [6.07, 6.45) is 4.57. The summed E-state index contributed by atoms with van der Waals surface area (Å²) in [6, 6.07) is 0.204. The van der Waals surface area contributed by atoms with Crippen LogP contribution in [0.25, 0.3) is 0 Å². The maximum Gasteiger partial charge on any atom is 0.239 e. The summed E-state index contributed by atoms with van der Waals surface area (Å²) >= 11 is 0. The van der Waals surface area contributed by atoms with Crippen LogP contribution in [0.2, 0.25) is 0 Å². The van der Waals surface area contributed by atoms with Crippen LogP contribution in [0.4, 0.5) is 0 Å². The molecule has 1 aliphatic rings. The van der Waals surface area contributed by atoms with Crippen molar-refractivity contribution in [1.29, 1.82) is 0 Å². The number of carbonyl (C=O) groups excluding carboxylic acids is 1. The molecule has 0 fully saturated rings. The molecule has 0 unspecified atom stereocenters. The van der Waals surface area contributed by atoms with Crippen molar-refractivity contribution in [3.05, 3.63) is 0 Å². The van der Waals surface area contributed by atoms with Crippen LogP contribution in [0.5, 0.6) is 0 Å². The van der Waals surface area contributed by atoms with E-state index in [1.807, 2.05) is 13.8 Å². The third kappa shape index (κ3) is 5.40. The van der Waals surface area contributed by atoms with Gasteiger partial charge in [-0.05, 0) is 26.7 Å². The molecule has 0 radical (unpaired) electrons. The van der Waals surface area contributed by atoms with Crippen molar-refractivity contribution in [3.63, 3.8) is 0 Å². The molecule has 0 aromatic carbocycles. The summed E-state index contributed by atoms with van der Waals surface area (Å²) in [7, 11) is 0. The number of hydrogen-bond acceptors (Lipinski definition) is 3. The van der Waals surface area contributed by atoms with Gasteiger partial charge in [-0.3, -0.25) is 9.79 Å². The summed E-state index contributed by atoms with van der Waals surface area (Å²) in [5.41, 5.74) is 0. The molecule has 0 aliphatic carbocycles. The highest BCUT2D eigenvalue weighted by atomic mass is 16.1. The van der Waals surface area contributed by atoms with Gasteiger partial charge in [0.05, 0.1) is 12.4 Å². The first-order chi connectivity index (χ1) is 7.18. The van der Waals surface area contributed by atoms with Crippen molar-refractivity contribution in [1.82, 2.24) is 10.6 Å². The van der Waals surface area contributed by atoms with E-state index in [1.54, 1.807) is 0 Å². The Balaban J connectivity index is 2.23. The maximum absolute atomic E-state index is 11.4. The van der Waals surface area contributed by atoms with Gasteiger partial charge in [-0.1, -0.05) is 6.42 Å². The van der Waals surface area contributed by atoms with Gasteiger partial charge in [-0.25, -0.2) is 0 Å². The fraction of sp³-hybridized carbons (Fsp3) is 0.818. The molecule has 4 nitrogen and oxygen atoms in total. The normalized spacial score (nSPS) is 16.9. The highest BCUT2D eigenvalue weighted by Crippen LogP contribution is 2.05. The molecule has 1 heterocycles. The Morgan fingerprint density at radius 2 is 2.20 bits per heavy atom. The number of amidine groups is 1. The van der Waals surface area contributed by atoms with Crippen LogP contribution in [0, 0.1) is 0 Å². The Kier molecular flexibility index (Phi) is 5.15. The molecular weight excluding hydrogens is 190 g/mol. The van der Waals surface area contributed by atoms with Crippen molar-refractivity contribution in [2.45, 2.75) is 45.6 Å². The fourth-order valence-electron chi connectivity index (χ4n) is 1.57. The molecule has 86 valence electrons. The third-order valence-electron chi connectivity index (χ3n) is 2.28. The van der Waals surface area contributed by atoms with E-state index < -0.39 is 0 Å². The average molecular weight is 211 g/mol. The average Bonchev–Trinajstić information content (AvgIpc) is 2.41. The summed E-state index contributed by atoms with van der Waals surface area (Å²) in [4.78, 5) is 15.8. The van der Waals surface area contributed by atoms with Gasteiger partial charge in [-0.15, -0.1) is 0 Å². The molecule has 4 heteroatoms. The maximum atomic E-state index is 11.4. The molecule has 2 N–H and O–H groups in total. The Bertz CT molecular complexity index is 236. The highest BCUT2D eigenvalue weighted by Gasteiger charge is 2.06. The Morgan fingerprint density at radius 1 is 1.40 bits per heavy atom. The van der Waals surface area contributed by atoms with Crippen LogP contribution in [-0.4, -0.2) is 30.9 Å². The quantitative estimate of drug-likeness (QED) is 0.733. The lowest BCUT2D eigenvalue weighted by atomic mass is 10.2.